The Morgan fingerprint density at radius 1 is 1.20 bits per heavy atom. The molecule has 2 aliphatic rings. The second-order valence-electron chi connectivity index (χ2n) is 7.80. The van der Waals surface area contributed by atoms with Gasteiger partial charge in [0.1, 0.15) is 23.0 Å². The maximum Gasteiger partial charge on any atom is 0.256 e. The van der Waals surface area contributed by atoms with E-state index in [1.807, 2.05) is 31.3 Å². The van der Waals surface area contributed by atoms with Gasteiger partial charge >= 0.3 is 0 Å². The molecule has 1 aliphatic heterocycles. The van der Waals surface area contributed by atoms with Crippen molar-refractivity contribution < 1.29 is 9.53 Å². The van der Waals surface area contributed by atoms with Crippen molar-refractivity contribution >= 4 is 29.0 Å². The molecule has 0 radical (unpaired) electrons. The Morgan fingerprint density at radius 3 is 2.87 bits per heavy atom. The van der Waals surface area contributed by atoms with Crippen LogP contribution in [0.5, 0.6) is 0 Å². The van der Waals surface area contributed by atoms with E-state index in [0.29, 0.717) is 35.4 Å². The lowest BCUT2D eigenvalue weighted by Gasteiger charge is -2.22. The summed E-state index contributed by atoms with van der Waals surface area (Å²) in [6, 6.07) is 8.06. The molecule has 5 rings (SSSR count). The summed E-state index contributed by atoms with van der Waals surface area (Å²) in [5.74, 6) is 2.20. The first-order valence-corrected chi connectivity index (χ1v) is 10.4. The summed E-state index contributed by atoms with van der Waals surface area (Å²) in [6.07, 6.45) is 5.76. The van der Waals surface area contributed by atoms with E-state index in [9.17, 15) is 4.79 Å². The van der Waals surface area contributed by atoms with Gasteiger partial charge in [-0.3, -0.25) is 4.79 Å². The third-order valence-corrected chi connectivity index (χ3v) is 5.49. The number of anilines is 3. The Kier molecular flexibility index (Phi) is 4.96. The second kappa shape index (κ2) is 7.91. The number of ether oxygens (including phenoxy) is 1. The molecule has 1 amide bonds. The second-order valence-corrected chi connectivity index (χ2v) is 7.80. The molecule has 30 heavy (non-hydrogen) atoms. The van der Waals surface area contributed by atoms with Gasteiger partial charge in [0.2, 0.25) is 0 Å². The molecule has 3 aromatic rings. The van der Waals surface area contributed by atoms with Crippen molar-refractivity contribution in [3.05, 3.63) is 41.7 Å². The molecular formula is C21H25N7O2. The number of carbonyl (C=O) groups is 1. The fraction of sp³-hybridized carbons (Fsp3) is 0.429. The van der Waals surface area contributed by atoms with E-state index < -0.39 is 0 Å². The number of aromatic nitrogens is 4. The van der Waals surface area contributed by atoms with Crippen LogP contribution in [0.3, 0.4) is 0 Å². The minimum absolute atomic E-state index is 0.142. The molecular weight excluding hydrogens is 382 g/mol. The Hall–Kier alpha value is -3.20. The lowest BCUT2D eigenvalue weighted by molar-refractivity contribution is 0.0793. The van der Waals surface area contributed by atoms with Crippen LogP contribution in [0, 0.1) is 0 Å². The van der Waals surface area contributed by atoms with Gasteiger partial charge in [-0.25, -0.2) is 9.97 Å². The van der Waals surface area contributed by atoms with Crippen molar-refractivity contribution in [2.75, 3.05) is 30.9 Å². The van der Waals surface area contributed by atoms with Crippen molar-refractivity contribution in [3.8, 4) is 0 Å². The number of rotatable bonds is 6. The molecule has 3 aromatic heterocycles. The molecule has 0 aromatic carbocycles. The van der Waals surface area contributed by atoms with Crippen molar-refractivity contribution in [2.45, 2.75) is 37.6 Å². The monoisotopic (exact) mass is 407 g/mol. The van der Waals surface area contributed by atoms with E-state index in [1.165, 1.54) is 0 Å². The summed E-state index contributed by atoms with van der Waals surface area (Å²) in [5, 5.41) is 13.7. The Labute approximate surface area is 174 Å². The number of hydrogen-bond donors (Lipinski definition) is 3. The summed E-state index contributed by atoms with van der Waals surface area (Å²) in [7, 11) is 1.81. The zero-order valence-electron chi connectivity index (χ0n) is 16.9. The normalized spacial score (nSPS) is 18.9. The minimum atomic E-state index is -0.142. The molecule has 0 bridgehead atoms. The predicted octanol–water partition coefficient (Wildman–Crippen LogP) is 2.70. The van der Waals surface area contributed by atoms with Gasteiger partial charge in [-0.1, -0.05) is 6.07 Å². The van der Waals surface area contributed by atoms with Crippen molar-refractivity contribution in [1.29, 1.82) is 0 Å². The minimum Gasteiger partial charge on any atom is -0.381 e. The van der Waals surface area contributed by atoms with Gasteiger partial charge in [-0.2, -0.15) is 9.61 Å². The lowest BCUT2D eigenvalue weighted by atomic mass is 9.98. The van der Waals surface area contributed by atoms with Crippen LogP contribution in [0.1, 0.15) is 47.7 Å². The standard InChI is InChI=1S/C21H25N7O2/c1-22-19-10-18(26-17-6-2-5-16(25-17)13-4-3-9-30-12-13)27-20-15(11-23-28(19)20)21(29)24-14-7-8-14/h2,5-6,10-11,13-14,22H,3-4,7-9,12H2,1H3,(H,24,29)(H,25,26,27)/t13-/m1/s1. The van der Waals surface area contributed by atoms with E-state index >= 15 is 0 Å². The topological polar surface area (TPSA) is 105 Å². The van der Waals surface area contributed by atoms with Gasteiger partial charge in [-0.05, 0) is 37.8 Å². The molecule has 3 N–H and O–H groups in total. The smallest absolute Gasteiger partial charge is 0.256 e. The quantitative estimate of drug-likeness (QED) is 0.577. The van der Waals surface area contributed by atoms with Crippen LogP contribution in [0.4, 0.5) is 17.5 Å². The van der Waals surface area contributed by atoms with Crippen LogP contribution in [-0.4, -0.2) is 51.8 Å². The Morgan fingerprint density at radius 2 is 2.10 bits per heavy atom. The molecule has 1 atom stereocenters. The SMILES string of the molecule is CNc1cc(Nc2cccc([C@@H]3CCCOC3)n2)nc2c(C(=O)NC3CC3)cnn12. The summed E-state index contributed by atoms with van der Waals surface area (Å²) >= 11 is 0. The summed E-state index contributed by atoms with van der Waals surface area (Å²) in [5.41, 5.74) is 1.98. The van der Waals surface area contributed by atoms with E-state index in [4.69, 9.17) is 9.72 Å². The number of carbonyl (C=O) groups excluding carboxylic acids is 1. The average molecular weight is 407 g/mol. The molecule has 4 heterocycles. The molecule has 9 nitrogen and oxygen atoms in total. The Balaban J connectivity index is 1.44. The van der Waals surface area contributed by atoms with Crippen LogP contribution in [0.25, 0.3) is 5.65 Å². The third kappa shape index (κ3) is 3.80. The van der Waals surface area contributed by atoms with Crippen LogP contribution in [-0.2, 0) is 4.74 Å². The van der Waals surface area contributed by atoms with Crippen LogP contribution < -0.4 is 16.0 Å². The summed E-state index contributed by atoms with van der Waals surface area (Å²) in [4.78, 5) is 22.0. The zero-order chi connectivity index (χ0) is 20.5. The average Bonchev–Trinajstić information content (AvgIpc) is 3.49. The fourth-order valence-electron chi connectivity index (χ4n) is 3.71. The van der Waals surface area contributed by atoms with Gasteiger partial charge in [-0.15, -0.1) is 0 Å². The first kappa shape index (κ1) is 18.8. The van der Waals surface area contributed by atoms with Gasteiger partial charge in [0, 0.05) is 37.4 Å². The van der Waals surface area contributed by atoms with Crippen LogP contribution >= 0.6 is 0 Å². The number of pyridine rings is 1. The Bertz CT molecular complexity index is 1070. The van der Waals surface area contributed by atoms with Crippen molar-refractivity contribution in [1.82, 2.24) is 24.9 Å². The maximum atomic E-state index is 12.6. The molecule has 9 heteroatoms. The first-order valence-electron chi connectivity index (χ1n) is 10.4. The molecule has 1 saturated carbocycles. The predicted molar refractivity (Wildman–Crippen MR) is 113 cm³/mol. The number of nitrogens with one attached hydrogen (secondary N) is 3. The third-order valence-electron chi connectivity index (χ3n) is 5.49. The van der Waals surface area contributed by atoms with Gasteiger partial charge in [0.25, 0.3) is 5.91 Å². The molecule has 1 saturated heterocycles. The summed E-state index contributed by atoms with van der Waals surface area (Å²) in [6.45, 7) is 1.53. The molecule has 0 unspecified atom stereocenters. The van der Waals surface area contributed by atoms with Gasteiger partial charge < -0.3 is 20.7 Å². The number of amides is 1. The highest BCUT2D eigenvalue weighted by atomic mass is 16.5. The largest absolute Gasteiger partial charge is 0.381 e. The van der Waals surface area contributed by atoms with E-state index in [0.717, 1.165) is 43.8 Å². The molecule has 156 valence electrons. The molecule has 2 fully saturated rings. The molecule has 1 aliphatic carbocycles. The number of fused-ring (bicyclic) bond motifs is 1. The van der Waals surface area contributed by atoms with E-state index in [1.54, 1.807) is 10.7 Å². The summed E-state index contributed by atoms with van der Waals surface area (Å²) < 4.78 is 7.24. The van der Waals surface area contributed by atoms with Crippen LogP contribution in [0.15, 0.2) is 30.5 Å². The van der Waals surface area contributed by atoms with E-state index in [2.05, 4.69) is 26.0 Å². The van der Waals surface area contributed by atoms with Crippen molar-refractivity contribution in [2.24, 2.45) is 0 Å². The van der Waals surface area contributed by atoms with Gasteiger partial charge in [0.15, 0.2) is 5.65 Å². The molecule has 0 spiro atoms. The van der Waals surface area contributed by atoms with Crippen LogP contribution in [0.2, 0.25) is 0 Å². The highest BCUT2D eigenvalue weighted by Crippen LogP contribution is 2.26. The van der Waals surface area contributed by atoms with E-state index in [-0.39, 0.29) is 11.9 Å². The highest BCUT2D eigenvalue weighted by molar-refractivity contribution is 6.00. The highest BCUT2D eigenvalue weighted by Gasteiger charge is 2.26. The van der Waals surface area contributed by atoms with Gasteiger partial charge in [0.05, 0.1) is 12.8 Å². The first-order chi connectivity index (χ1) is 14.7. The fourth-order valence-corrected chi connectivity index (χ4v) is 3.71. The number of hydrogen-bond acceptors (Lipinski definition) is 7. The van der Waals surface area contributed by atoms with Crippen molar-refractivity contribution in [3.63, 3.8) is 0 Å². The maximum absolute atomic E-state index is 12.6. The lowest BCUT2D eigenvalue weighted by Crippen LogP contribution is -2.25. The number of nitrogens with zero attached hydrogens (tertiary/aromatic N) is 4. The zero-order valence-corrected chi connectivity index (χ0v) is 16.9.